The Morgan fingerprint density at radius 2 is 2.04 bits per heavy atom. The van der Waals surface area contributed by atoms with E-state index in [-0.39, 0.29) is 17.5 Å². The van der Waals surface area contributed by atoms with Gasteiger partial charge in [-0.2, -0.15) is 0 Å². The molecule has 6 heteroatoms. The second-order valence-electron chi connectivity index (χ2n) is 5.20. The van der Waals surface area contributed by atoms with Crippen LogP contribution in [0.5, 0.6) is 11.5 Å². The van der Waals surface area contributed by atoms with Crippen molar-refractivity contribution in [3.05, 3.63) is 63.2 Å². The van der Waals surface area contributed by atoms with Gasteiger partial charge in [0, 0.05) is 29.5 Å². The highest BCUT2D eigenvalue weighted by Crippen LogP contribution is 2.29. The zero-order valence-corrected chi connectivity index (χ0v) is 13.2. The smallest absolute Gasteiger partial charge is 0.270 e. The first kappa shape index (κ1) is 16.5. The molecular weight excluding hydrogens is 296 g/mol. The summed E-state index contributed by atoms with van der Waals surface area (Å²) in [4.78, 5) is 14.7. The average molecular weight is 314 g/mol. The largest absolute Gasteiger partial charge is 0.507 e. The first-order valence-corrected chi connectivity index (χ1v) is 7.07. The van der Waals surface area contributed by atoms with Gasteiger partial charge in [-0.05, 0) is 26.0 Å². The Morgan fingerprint density at radius 3 is 2.70 bits per heavy atom. The minimum Gasteiger partial charge on any atom is -0.507 e. The molecule has 23 heavy (non-hydrogen) atoms. The Morgan fingerprint density at radius 1 is 1.30 bits per heavy atom. The molecule has 6 nitrogen and oxygen atoms in total. The first-order valence-electron chi connectivity index (χ1n) is 7.07. The van der Waals surface area contributed by atoms with Crippen LogP contribution in [0.4, 0.5) is 5.69 Å². The number of aryl methyl sites for hydroxylation is 1. The van der Waals surface area contributed by atoms with Gasteiger partial charge in [-0.15, -0.1) is 0 Å². The number of methoxy groups -OCH3 is 1. The number of hydrogen-bond donors (Lipinski definition) is 1. The molecule has 0 aromatic heterocycles. The van der Waals surface area contributed by atoms with Crippen LogP contribution in [-0.2, 0) is 0 Å². The second-order valence-corrected chi connectivity index (χ2v) is 5.20. The molecule has 2 aromatic rings. The minimum absolute atomic E-state index is 0.0530. The normalized spacial score (nSPS) is 12.3. The van der Waals surface area contributed by atoms with E-state index in [4.69, 9.17) is 4.74 Å². The van der Waals surface area contributed by atoms with Crippen LogP contribution in [0.2, 0.25) is 0 Å². The molecule has 0 aliphatic heterocycles. The first-order chi connectivity index (χ1) is 10.9. The van der Waals surface area contributed by atoms with Crippen molar-refractivity contribution >= 4 is 11.9 Å². The standard InChI is InChI=1S/C17H18N2O4/c1-11-4-7-17(23-3)15(8-11)12(2)18-10-13-9-14(19(21)22)5-6-16(13)20/h4-10,12,20H,1-3H3/t12-/m1/s1. The Hall–Kier alpha value is -2.89. The van der Waals surface area contributed by atoms with E-state index in [1.165, 1.54) is 24.4 Å². The van der Waals surface area contributed by atoms with E-state index in [0.717, 1.165) is 16.9 Å². The summed E-state index contributed by atoms with van der Waals surface area (Å²) in [5.74, 6) is 0.672. The average Bonchev–Trinajstić information content (AvgIpc) is 2.53. The van der Waals surface area contributed by atoms with Gasteiger partial charge < -0.3 is 9.84 Å². The molecular formula is C17H18N2O4. The van der Waals surface area contributed by atoms with Gasteiger partial charge in [-0.1, -0.05) is 17.7 Å². The molecule has 0 aliphatic carbocycles. The van der Waals surface area contributed by atoms with Gasteiger partial charge in [-0.3, -0.25) is 15.1 Å². The van der Waals surface area contributed by atoms with Crippen molar-refractivity contribution < 1.29 is 14.8 Å². The summed E-state index contributed by atoms with van der Waals surface area (Å²) in [5.41, 5.74) is 2.21. The summed E-state index contributed by atoms with van der Waals surface area (Å²) >= 11 is 0. The summed E-state index contributed by atoms with van der Waals surface area (Å²) in [6.07, 6.45) is 1.44. The molecule has 120 valence electrons. The molecule has 1 N–H and O–H groups in total. The summed E-state index contributed by atoms with van der Waals surface area (Å²) in [6.45, 7) is 3.87. The molecule has 0 saturated carbocycles. The van der Waals surface area contributed by atoms with Crippen LogP contribution in [0.25, 0.3) is 0 Å². The zero-order valence-electron chi connectivity index (χ0n) is 13.2. The van der Waals surface area contributed by atoms with Crippen molar-refractivity contribution in [3.8, 4) is 11.5 Å². The number of non-ortho nitro benzene ring substituents is 1. The number of aromatic hydroxyl groups is 1. The molecule has 0 spiro atoms. The number of nitrogens with zero attached hydrogens (tertiary/aromatic N) is 2. The van der Waals surface area contributed by atoms with Crippen LogP contribution >= 0.6 is 0 Å². The molecule has 0 fully saturated rings. The fourth-order valence-electron chi connectivity index (χ4n) is 2.21. The maximum absolute atomic E-state index is 10.8. The van der Waals surface area contributed by atoms with Gasteiger partial charge >= 0.3 is 0 Å². The van der Waals surface area contributed by atoms with E-state index in [1.807, 2.05) is 32.0 Å². The number of aliphatic imine (C=N–C) groups is 1. The Bertz CT molecular complexity index is 756. The molecule has 1 atom stereocenters. The number of nitro benzene ring substituents is 1. The number of hydrogen-bond acceptors (Lipinski definition) is 5. The molecule has 0 amide bonds. The summed E-state index contributed by atoms with van der Waals surface area (Å²) in [7, 11) is 1.59. The number of ether oxygens (including phenoxy) is 1. The minimum atomic E-state index is -0.510. The molecule has 0 heterocycles. The van der Waals surface area contributed by atoms with E-state index in [2.05, 4.69) is 4.99 Å². The van der Waals surface area contributed by atoms with E-state index < -0.39 is 4.92 Å². The van der Waals surface area contributed by atoms with Crippen LogP contribution < -0.4 is 4.74 Å². The monoisotopic (exact) mass is 314 g/mol. The molecule has 0 bridgehead atoms. The van der Waals surface area contributed by atoms with E-state index in [9.17, 15) is 15.2 Å². The maximum Gasteiger partial charge on any atom is 0.270 e. The van der Waals surface area contributed by atoms with Gasteiger partial charge in [0.2, 0.25) is 0 Å². The summed E-state index contributed by atoms with van der Waals surface area (Å²) < 4.78 is 5.34. The number of rotatable bonds is 5. The Kier molecular flexibility index (Phi) is 4.95. The zero-order chi connectivity index (χ0) is 17.0. The SMILES string of the molecule is COc1ccc(C)cc1[C@@H](C)N=Cc1cc([N+](=O)[O-])ccc1O. The van der Waals surface area contributed by atoms with Crippen LogP contribution in [0, 0.1) is 17.0 Å². The molecule has 2 rings (SSSR count). The van der Waals surface area contributed by atoms with Crippen molar-refractivity contribution in [2.75, 3.05) is 7.11 Å². The summed E-state index contributed by atoms with van der Waals surface area (Å²) in [5, 5.41) is 20.6. The fraction of sp³-hybridized carbons (Fsp3) is 0.235. The van der Waals surface area contributed by atoms with Crippen LogP contribution in [0.3, 0.4) is 0 Å². The van der Waals surface area contributed by atoms with Gasteiger partial charge in [0.25, 0.3) is 5.69 Å². The van der Waals surface area contributed by atoms with Crippen molar-refractivity contribution in [2.24, 2.45) is 4.99 Å². The molecule has 0 radical (unpaired) electrons. The third-order valence-corrected chi connectivity index (χ3v) is 3.49. The number of benzene rings is 2. The lowest BCUT2D eigenvalue weighted by molar-refractivity contribution is -0.384. The Labute approximate surface area is 134 Å². The fourth-order valence-corrected chi connectivity index (χ4v) is 2.21. The van der Waals surface area contributed by atoms with E-state index in [0.29, 0.717) is 5.56 Å². The maximum atomic E-state index is 10.8. The van der Waals surface area contributed by atoms with Gasteiger partial charge in [0.15, 0.2) is 0 Å². The predicted octanol–water partition coefficient (Wildman–Crippen LogP) is 3.80. The third kappa shape index (κ3) is 3.85. The lowest BCUT2D eigenvalue weighted by atomic mass is 10.0. The van der Waals surface area contributed by atoms with Crippen molar-refractivity contribution in [2.45, 2.75) is 19.9 Å². The predicted molar refractivity (Wildman–Crippen MR) is 88.5 cm³/mol. The highest BCUT2D eigenvalue weighted by Gasteiger charge is 2.12. The molecule has 0 saturated heterocycles. The van der Waals surface area contributed by atoms with Gasteiger partial charge in [0.1, 0.15) is 11.5 Å². The van der Waals surface area contributed by atoms with Crippen molar-refractivity contribution in [1.82, 2.24) is 0 Å². The van der Waals surface area contributed by atoms with Crippen LogP contribution in [0.15, 0.2) is 41.4 Å². The third-order valence-electron chi connectivity index (χ3n) is 3.49. The van der Waals surface area contributed by atoms with Crippen LogP contribution in [-0.4, -0.2) is 23.4 Å². The molecule has 0 aliphatic rings. The lowest BCUT2D eigenvalue weighted by Crippen LogP contribution is -1.97. The van der Waals surface area contributed by atoms with Gasteiger partial charge in [0.05, 0.1) is 18.1 Å². The Balaban J connectivity index is 2.31. The highest BCUT2D eigenvalue weighted by atomic mass is 16.6. The molecule has 0 unspecified atom stereocenters. The molecule has 2 aromatic carbocycles. The quantitative estimate of drug-likeness (QED) is 0.517. The number of nitro groups is 1. The topological polar surface area (TPSA) is 85.0 Å². The van der Waals surface area contributed by atoms with Gasteiger partial charge in [-0.25, -0.2) is 0 Å². The van der Waals surface area contributed by atoms with Crippen molar-refractivity contribution in [1.29, 1.82) is 0 Å². The van der Waals surface area contributed by atoms with Crippen molar-refractivity contribution in [3.63, 3.8) is 0 Å². The lowest BCUT2D eigenvalue weighted by Gasteiger charge is -2.13. The number of phenolic OH excluding ortho intramolecular Hbond substituents is 1. The summed E-state index contributed by atoms with van der Waals surface area (Å²) in [6, 6.07) is 9.42. The second kappa shape index (κ2) is 6.91. The number of phenols is 1. The van der Waals surface area contributed by atoms with E-state index >= 15 is 0 Å². The van der Waals surface area contributed by atoms with Crippen LogP contribution in [0.1, 0.15) is 29.7 Å². The highest BCUT2D eigenvalue weighted by molar-refractivity contribution is 5.84. The van der Waals surface area contributed by atoms with E-state index in [1.54, 1.807) is 7.11 Å².